The second kappa shape index (κ2) is 4.80. The van der Waals surface area contributed by atoms with Gasteiger partial charge in [-0.3, -0.25) is 0 Å². The minimum absolute atomic E-state index is 0.251. The van der Waals surface area contributed by atoms with Crippen molar-refractivity contribution in [2.24, 2.45) is 0 Å². The zero-order valence-corrected chi connectivity index (χ0v) is 12.6. The van der Waals surface area contributed by atoms with Crippen molar-refractivity contribution >= 4 is 28.0 Å². The van der Waals surface area contributed by atoms with Crippen LogP contribution in [0.25, 0.3) is 22.0 Å². The van der Waals surface area contributed by atoms with Crippen LogP contribution in [0.4, 0.5) is 14.8 Å². The molecule has 6 heteroatoms. The number of H-pyrrole nitrogens is 1. The van der Waals surface area contributed by atoms with E-state index in [0.717, 1.165) is 35.1 Å². The maximum Gasteiger partial charge on any atom is 0.298 e. The van der Waals surface area contributed by atoms with E-state index in [0.29, 0.717) is 23.7 Å². The third kappa shape index (κ3) is 1.99. The third-order valence-corrected chi connectivity index (χ3v) is 4.55. The fraction of sp³-hybridized carbons (Fsp3) is 0.167. The van der Waals surface area contributed by atoms with E-state index in [1.165, 1.54) is 18.2 Å². The fourth-order valence-electron chi connectivity index (χ4n) is 3.37. The first-order valence-corrected chi connectivity index (χ1v) is 7.77. The lowest BCUT2D eigenvalue weighted by Gasteiger charge is -2.25. The monoisotopic (exact) mass is 325 g/mol. The van der Waals surface area contributed by atoms with E-state index in [9.17, 15) is 8.78 Å². The zero-order chi connectivity index (χ0) is 16.3. The zero-order valence-electron chi connectivity index (χ0n) is 12.6. The Kier molecular flexibility index (Phi) is 2.71. The summed E-state index contributed by atoms with van der Waals surface area (Å²) in [7, 11) is 0. The average molecular weight is 325 g/mol. The number of hydrogen-bond acceptors (Lipinski definition) is 3. The van der Waals surface area contributed by atoms with Gasteiger partial charge in [-0.1, -0.05) is 0 Å². The van der Waals surface area contributed by atoms with Gasteiger partial charge in [-0.2, -0.15) is 4.98 Å². The van der Waals surface area contributed by atoms with Crippen LogP contribution in [-0.2, 0) is 13.0 Å². The van der Waals surface area contributed by atoms with E-state index in [1.807, 2.05) is 4.90 Å². The van der Waals surface area contributed by atoms with Crippen LogP contribution >= 0.6 is 0 Å². The summed E-state index contributed by atoms with van der Waals surface area (Å²) in [5, 5.41) is 0.886. The highest BCUT2D eigenvalue weighted by Crippen LogP contribution is 2.31. The number of nitrogens with one attached hydrogen (secondary N) is 1. The van der Waals surface area contributed by atoms with E-state index >= 15 is 0 Å². The number of benzene rings is 2. The molecule has 4 aromatic rings. The Morgan fingerprint density at radius 1 is 1.08 bits per heavy atom. The Balaban J connectivity index is 1.57. The molecule has 0 fully saturated rings. The number of nitrogens with zero attached hydrogens (tertiary/aromatic N) is 2. The summed E-state index contributed by atoms with van der Waals surface area (Å²) in [6.07, 6.45) is 0.790. The maximum absolute atomic E-state index is 13.6. The second-order valence-corrected chi connectivity index (χ2v) is 6.05. The molecule has 2 aromatic heterocycles. The van der Waals surface area contributed by atoms with Gasteiger partial charge in [-0.25, -0.2) is 8.78 Å². The molecule has 2 aromatic carbocycles. The molecule has 3 heterocycles. The van der Waals surface area contributed by atoms with Crippen LogP contribution in [0.15, 0.2) is 40.8 Å². The molecule has 0 unspecified atom stereocenters. The quantitative estimate of drug-likeness (QED) is 0.572. The molecule has 0 radical (unpaired) electrons. The first kappa shape index (κ1) is 13.5. The number of rotatable bonds is 1. The van der Waals surface area contributed by atoms with E-state index in [1.54, 1.807) is 18.2 Å². The van der Waals surface area contributed by atoms with E-state index in [4.69, 9.17) is 4.42 Å². The van der Waals surface area contributed by atoms with Crippen LogP contribution in [0.2, 0.25) is 0 Å². The molecule has 0 saturated carbocycles. The summed E-state index contributed by atoms with van der Waals surface area (Å²) < 4.78 is 32.7. The van der Waals surface area contributed by atoms with Crippen molar-refractivity contribution in [3.05, 3.63) is 59.3 Å². The smallest absolute Gasteiger partial charge is 0.298 e. The number of aromatic amines is 1. The molecule has 1 N–H and O–H groups in total. The van der Waals surface area contributed by atoms with Gasteiger partial charge in [0.2, 0.25) is 0 Å². The van der Waals surface area contributed by atoms with Gasteiger partial charge >= 0.3 is 0 Å². The standard InChI is InChI=1S/C18H13F2N3O/c19-10-1-3-14-12(7-10)13-9-23(6-5-15(13)21-14)18-22-16-8-11(20)2-4-17(16)24-18/h1-4,7-8,21H,5-6,9H2. The van der Waals surface area contributed by atoms with E-state index in [-0.39, 0.29) is 11.6 Å². The molecule has 24 heavy (non-hydrogen) atoms. The molecule has 5 rings (SSSR count). The SMILES string of the molecule is Fc1ccc2oc(N3CCc4[nH]c5ccc(F)cc5c4C3)nc2c1. The Hall–Kier alpha value is -2.89. The molecule has 0 amide bonds. The van der Waals surface area contributed by atoms with Crippen LogP contribution in [0.3, 0.4) is 0 Å². The maximum atomic E-state index is 13.6. The highest BCUT2D eigenvalue weighted by Gasteiger charge is 2.24. The van der Waals surface area contributed by atoms with Gasteiger partial charge in [0.25, 0.3) is 6.01 Å². The topological polar surface area (TPSA) is 45.1 Å². The molecular weight excluding hydrogens is 312 g/mol. The Morgan fingerprint density at radius 2 is 1.92 bits per heavy atom. The molecule has 0 atom stereocenters. The van der Waals surface area contributed by atoms with E-state index in [2.05, 4.69) is 9.97 Å². The van der Waals surface area contributed by atoms with Gasteiger partial charge < -0.3 is 14.3 Å². The predicted molar refractivity (Wildman–Crippen MR) is 87.0 cm³/mol. The Bertz CT molecular complexity index is 1080. The van der Waals surface area contributed by atoms with Crippen molar-refractivity contribution in [2.45, 2.75) is 13.0 Å². The molecule has 0 bridgehead atoms. The van der Waals surface area contributed by atoms with Gasteiger partial charge in [0.1, 0.15) is 17.2 Å². The average Bonchev–Trinajstić information content (AvgIpc) is 3.14. The Labute approximate surface area is 135 Å². The Morgan fingerprint density at radius 3 is 2.83 bits per heavy atom. The minimum Gasteiger partial charge on any atom is -0.423 e. The van der Waals surface area contributed by atoms with Crippen LogP contribution in [-0.4, -0.2) is 16.5 Å². The summed E-state index contributed by atoms with van der Waals surface area (Å²) in [6, 6.07) is 9.53. The number of fused-ring (bicyclic) bond motifs is 4. The highest BCUT2D eigenvalue weighted by atomic mass is 19.1. The van der Waals surface area contributed by atoms with Crippen molar-refractivity contribution in [2.75, 3.05) is 11.4 Å². The molecule has 0 spiro atoms. The number of aromatic nitrogens is 2. The van der Waals surface area contributed by atoms with Crippen molar-refractivity contribution < 1.29 is 13.2 Å². The number of hydrogen-bond donors (Lipinski definition) is 1. The predicted octanol–water partition coefficient (Wildman–Crippen LogP) is 4.15. The summed E-state index contributed by atoms with van der Waals surface area (Å²) >= 11 is 0. The summed E-state index contributed by atoms with van der Waals surface area (Å²) in [6.45, 7) is 1.31. The highest BCUT2D eigenvalue weighted by molar-refractivity contribution is 5.85. The lowest BCUT2D eigenvalue weighted by atomic mass is 10.0. The summed E-state index contributed by atoms with van der Waals surface area (Å²) in [5.74, 6) is -0.589. The van der Waals surface area contributed by atoms with Gasteiger partial charge in [-0.15, -0.1) is 0 Å². The minimum atomic E-state index is -0.338. The molecule has 1 aliphatic heterocycles. The molecule has 120 valence electrons. The van der Waals surface area contributed by atoms with Crippen LogP contribution in [0, 0.1) is 11.6 Å². The first-order chi connectivity index (χ1) is 11.7. The molecule has 4 nitrogen and oxygen atoms in total. The van der Waals surface area contributed by atoms with Gasteiger partial charge in [0.05, 0.1) is 0 Å². The number of anilines is 1. The van der Waals surface area contributed by atoms with Crippen molar-refractivity contribution in [1.29, 1.82) is 0 Å². The summed E-state index contributed by atoms with van der Waals surface area (Å²) in [4.78, 5) is 9.74. The van der Waals surface area contributed by atoms with Crippen LogP contribution in [0.5, 0.6) is 0 Å². The van der Waals surface area contributed by atoms with Gasteiger partial charge in [0, 0.05) is 47.7 Å². The van der Waals surface area contributed by atoms with Crippen molar-refractivity contribution in [3.63, 3.8) is 0 Å². The fourth-order valence-corrected chi connectivity index (χ4v) is 3.37. The van der Waals surface area contributed by atoms with E-state index < -0.39 is 0 Å². The normalized spacial score (nSPS) is 14.5. The van der Waals surface area contributed by atoms with Crippen LogP contribution in [0.1, 0.15) is 11.3 Å². The van der Waals surface area contributed by atoms with Gasteiger partial charge in [-0.05, 0) is 30.3 Å². The third-order valence-electron chi connectivity index (χ3n) is 4.55. The molecule has 1 aliphatic rings. The second-order valence-electron chi connectivity index (χ2n) is 6.05. The summed E-state index contributed by atoms with van der Waals surface area (Å²) in [5.41, 5.74) is 4.17. The lowest BCUT2D eigenvalue weighted by molar-refractivity contribution is 0.553. The van der Waals surface area contributed by atoms with Crippen LogP contribution < -0.4 is 4.90 Å². The first-order valence-electron chi connectivity index (χ1n) is 7.77. The number of oxazole rings is 1. The molecular formula is C18H13F2N3O. The largest absolute Gasteiger partial charge is 0.423 e. The van der Waals surface area contributed by atoms with Crippen molar-refractivity contribution in [3.8, 4) is 0 Å². The van der Waals surface area contributed by atoms with Crippen molar-refractivity contribution in [1.82, 2.24) is 9.97 Å². The van der Waals surface area contributed by atoms with Gasteiger partial charge in [0.15, 0.2) is 5.58 Å². The number of halogens is 2. The molecule has 0 aliphatic carbocycles. The molecule has 0 saturated heterocycles. The lowest BCUT2D eigenvalue weighted by Crippen LogP contribution is -2.30.